The van der Waals surface area contributed by atoms with E-state index in [1.807, 2.05) is 18.4 Å². The maximum absolute atomic E-state index is 13.9. The van der Waals surface area contributed by atoms with E-state index in [0.717, 1.165) is 11.3 Å². The second kappa shape index (κ2) is 6.90. The number of carbonyl (C=O) groups is 1. The number of pyridine rings is 1. The van der Waals surface area contributed by atoms with Crippen LogP contribution in [-0.2, 0) is 6.42 Å². The van der Waals surface area contributed by atoms with Gasteiger partial charge in [0.2, 0.25) is 0 Å². The molecule has 0 saturated carbocycles. The standard InChI is InChI=1S/C19H16ClFN4OS/c1-10(12-3-2-4-23-18(12)22)25-17(16-8-27-9-24-16)7-13-14(19(25)26)5-11(21)6-15(13)20/h2-6,8-10,17H,7H2,1H3,(H2,22,23)/t10-,17?/m0/s1. The first-order chi connectivity index (χ1) is 13.0. The van der Waals surface area contributed by atoms with Crippen LogP contribution in [0.2, 0.25) is 5.02 Å². The van der Waals surface area contributed by atoms with Gasteiger partial charge in [0, 0.05) is 34.1 Å². The number of hydrogen-bond donors (Lipinski definition) is 1. The molecule has 1 aliphatic rings. The lowest BCUT2D eigenvalue weighted by molar-refractivity contribution is 0.0546. The monoisotopic (exact) mass is 402 g/mol. The van der Waals surface area contributed by atoms with E-state index in [1.54, 1.807) is 22.7 Å². The Hall–Kier alpha value is -2.51. The van der Waals surface area contributed by atoms with E-state index in [2.05, 4.69) is 9.97 Å². The van der Waals surface area contributed by atoms with E-state index in [9.17, 15) is 9.18 Å². The lowest BCUT2D eigenvalue weighted by atomic mass is 9.89. The molecule has 5 nitrogen and oxygen atoms in total. The smallest absolute Gasteiger partial charge is 0.255 e. The fraction of sp³-hybridized carbons (Fsp3) is 0.211. The van der Waals surface area contributed by atoms with Crippen molar-refractivity contribution in [2.24, 2.45) is 0 Å². The summed E-state index contributed by atoms with van der Waals surface area (Å²) in [6.45, 7) is 1.89. The summed E-state index contributed by atoms with van der Waals surface area (Å²) in [7, 11) is 0. The highest BCUT2D eigenvalue weighted by atomic mass is 35.5. The topological polar surface area (TPSA) is 72.1 Å². The van der Waals surface area contributed by atoms with Gasteiger partial charge in [-0.2, -0.15) is 0 Å². The Morgan fingerprint density at radius 1 is 1.41 bits per heavy atom. The van der Waals surface area contributed by atoms with Crippen molar-refractivity contribution in [3.63, 3.8) is 0 Å². The number of carbonyl (C=O) groups excluding carboxylic acids is 1. The van der Waals surface area contributed by atoms with Crippen molar-refractivity contribution >= 4 is 34.7 Å². The number of benzene rings is 1. The van der Waals surface area contributed by atoms with E-state index in [-0.39, 0.29) is 28.6 Å². The Morgan fingerprint density at radius 2 is 2.22 bits per heavy atom. The third kappa shape index (κ3) is 3.07. The normalized spacial score (nSPS) is 17.7. The van der Waals surface area contributed by atoms with Gasteiger partial charge in [-0.15, -0.1) is 11.3 Å². The third-order valence-electron chi connectivity index (χ3n) is 4.89. The van der Waals surface area contributed by atoms with Crippen molar-refractivity contribution in [3.05, 3.63) is 74.6 Å². The zero-order valence-corrected chi connectivity index (χ0v) is 16.0. The first-order valence-electron chi connectivity index (χ1n) is 8.36. The van der Waals surface area contributed by atoms with Crippen LogP contribution in [0.15, 0.2) is 41.4 Å². The summed E-state index contributed by atoms with van der Waals surface area (Å²) in [4.78, 5) is 23.6. The van der Waals surface area contributed by atoms with Crippen molar-refractivity contribution in [2.75, 3.05) is 5.73 Å². The summed E-state index contributed by atoms with van der Waals surface area (Å²) in [5, 5.41) is 2.17. The van der Waals surface area contributed by atoms with E-state index < -0.39 is 5.82 Å². The molecule has 27 heavy (non-hydrogen) atoms. The molecule has 3 heterocycles. The van der Waals surface area contributed by atoms with Crippen LogP contribution < -0.4 is 5.73 Å². The van der Waals surface area contributed by atoms with Crippen LogP contribution in [0.1, 0.15) is 46.2 Å². The van der Waals surface area contributed by atoms with Crippen LogP contribution in [0.4, 0.5) is 10.2 Å². The first-order valence-corrected chi connectivity index (χ1v) is 9.68. The molecule has 4 rings (SSSR count). The average Bonchev–Trinajstić information content (AvgIpc) is 3.16. The number of rotatable bonds is 3. The van der Waals surface area contributed by atoms with E-state index in [4.69, 9.17) is 17.3 Å². The third-order valence-corrected chi connectivity index (χ3v) is 5.83. The predicted octanol–water partition coefficient (Wildman–Crippen LogP) is 4.41. The number of nitrogens with zero attached hydrogens (tertiary/aromatic N) is 3. The lowest BCUT2D eigenvalue weighted by Gasteiger charge is -2.40. The fourth-order valence-electron chi connectivity index (χ4n) is 3.59. The Kier molecular flexibility index (Phi) is 4.57. The molecule has 2 aromatic heterocycles. The molecule has 2 atom stereocenters. The summed E-state index contributed by atoms with van der Waals surface area (Å²) in [6.07, 6.45) is 2.06. The van der Waals surface area contributed by atoms with E-state index in [0.29, 0.717) is 17.8 Å². The summed E-state index contributed by atoms with van der Waals surface area (Å²) in [5.74, 6) is -0.475. The number of fused-ring (bicyclic) bond motifs is 1. The molecule has 0 saturated heterocycles. The van der Waals surface area contributed by atoms with Gasteiger partial charge in [0.15, 0.2) is 0 Å². The van der Waals surface area contributed by atoms with Gasteiger partial charge in [-0.25, -0.2) is 14.4 Å². The molecule has 2 N–H and O–H groups in total. The molecular weight excluding hydrogens is 387 g/mol. The minimum absolute atomic E-state index is 0.256. The largest absolute Gasteiger partial charge is 0.383 e. The SMILES string of the molecule is C[C@@H](c1cccnc1N)N1C(=O)c2cc(F)cc(Cl)c2CC1c1cscn1. The minimum Gasteiger partial charge on any atom is -0.383 e. The molecule has 3 aromatic rings. The van der Waals surface area contributed by atoms with Crippen molar-refractivity contribution in [1.29, 1.82) is 0 Å². The average molecular weight is 403 g/mol. The van der Waals surface area contributed by atoms with Gasteiger partial charge in [-0.05, 0) is 30.7 Å². The fourth-order valence-corrected chi connectivity index (χ4v) is 4.47. The van der Waals surface area contributed by atoms with Crippen molar-refractivity contribution in [1.82, 2.24) is 14.9 Å². The minimum atomic E-state index is -0.535. The number of halogens is 2. The van der Waals surface area contributed by atoms with Crippen LogP contribution in [0.25, 0.3) is 0 Å². The number of thiazole rings is 1. The molecule has 1 aliphatic heterocycles. The number of amides is 1. The van der Waals surface area contributed by atoms with E-state index in [1.165, 1.54) is 23.5 Å². The molecule has 0 aliphatic carbocycles. The zero-order chi connectivity index (χ0) is 19.1. The van der Waals surface area contributed by atoms with Crippen LogP contribution >= 0.6 is 22.9 Å². The highest BCUT2D eigenvalue weighted by Crippen LogP contribution is 2.41. The number of hydrogen-bond acceptors (Lipinski definition) is 5. The van der Waals surface area contributed by atoms with Gasteiger partial charge in [-0.1, -0.05) is 17.7 Å². The number of nitrogen functional groups attached to an aromatic ring is 1. The molecule has 0 bridgehead atoms. The predicted molar refractivity (Wildman–Crippen MR) is 103 cm³/mol. The summed E-state index contributed by atoms with van der Waals surface area (Å²) in [5.41, 5.74) is 10.2. The number of nitrogens with two attached hydrogens (primary N) is 1. The summed E-state index contributed by atoms with van der Waals surface area (Å²) >= 11 is 7.71. The van der Waals surface area contributed by atoms with Crippen LogP contribution in [0, 0.1) is 5.82 Å². The van der Waals surface area contributed by atoms with Crippen LogP contribution in [0.3, 0.4) is 0 Å². The van der Waals surface area contributed by atoms with Gasteiger partial charge in [0.25, 0.3) is 5.91 Å². The zero-order valence-electron chi connectivity index (χ0n) is 14.4. The van der Waals surface area contributed by atoms with Gasteiger partial charge < -0.3 is 10.6 Å². The molecule has 0 fully saturated rings. The quantitative estimate of drug-likeness (QED) is 0.704. The summed E-state index contributed by atoms with van der Waals surface area (Å²) < 4.78 is 13.9. The van der Waals surface area contributed by atoms with Gasteiger partial charge in [-0.3, -0.25) is 4.79 Å². The molecule has 0 spiro atoms. The van der Waals surface area contributed by atoms with Crippen molar-refractivity contribution < 1.29 is 9.18 Å². The highest BCUT2D eigenvalue weighted by molar-refractivity contribution is 7.07. The van der Waals surface area contributed by atoms with Gasteiger partial charge >= 0.3 is 0 Å². The van der Waals surface area contributed by atoms with Gasteiger partial charge in [0.1, 0.15) is 11.6 Å². The summed E-state index contributed by atoms with van der Waals surface area (Å²) in [6, 6.07) is 5.41. The maximum Gasteiger partial charge on any atom is 0.255 e. The van der Waals surface area contributed by atoms with Crippen LogP contribution in [-0.4, -0.2) is 20.8 Å². The molecule has 8 heteroatoms. The molecule has 1 aromatic carbocycles. The number of anilines is 1. The lowest BCUT2D eigenvalue weighted by Crippen LogP contribution is -2.42. The molecule has 0 radical (unpaired) electrons. The van der Waals surface area contributed by atoms with E-state index >= 15 is 0 Å². The van der Waals surface area contributed by atoms with Crippen LogP contribution in [0.5, 0.6) is 0 Å². The molecular formula is C19H16ClFN4OS. The molecule has 1 unspecified atom stereocenters. The Morgan fingerprint density at radius 3 is 2.93 bits per heavy atom. The van der Waals surface area contributed by atoms with Crippen molar-refractivity contribution in [3.8, 4) is 0 Å². The Labute approximate surface area is 164 Å². The second-order valence-corrected chi connectivity index (χ2v) is 7.54. The maximum atomic E-state index is 13.9. The van der Waals surface area contributed by atoms with Crippen molar-refractivity contribution in [2.45, 2.75) is 25.4 Å². The first kappa shape index (κ1) is 17.9. The highest BCUT2D eigenvalue weighted by Gasteiger charge is 2.39. The Balaban J connectivity index is 1.86. The molecule has 1 amide bonds. The Bertz CT molecular complexity index is 1010. The molecule has 138 valence electrons. The number of aromatic nitrogens is 2. The second-order valence-electron chi connectivity index (χ2n) is 6.41. The van der Waals surface area contributed by atoms with Gasteiger partial charge in [0.05, 0.1) is 23.3 Å².